The zero-order chi connectivity index (χ0) is 18.5. The van der Waals surface area contributed by atoms with E-state index < -0.39 is 23.7 Å². The van der Waals surface area contributed by atoms with E-state index in [1.165, 1.54) is 0 Å². The van der Waals surface area contributed by atoms with Crippen LogP contribution in [0.15, 0.2) is 54.9 Å². The quantitative estimate of drug-likeness (QED) is 0.430. The largest absolute Gasteiger partial charge is 0.571 e. The van der Waals surface area contributed by atoms with Crippen LogP contribution in [0, 0.1) is 0 Å². The molecule has 4 nitrogen and oxygen atoms in total. The van der Waals surface area contributed by atoms with Gasteiger partial charge in [-0.2, -0.15) is 26.3 Å². The molecule has 0 aromatic carbocycles. The van der Waals surface area contributed by atoms with E-state index in [9.17, 15) is 26.3 Å². The van der Waals surface area contributed by atoms with Gasteiger partial charge in [-0.15, -0.1) is 0 Å². The van der Waals surface area contributed by atoms with Crippen molar-refractivity contribution in [1.29, 1.82) is 0 Å². The van der Waals surface area contributed by atoms with Crippen LogP contribution in [-0.4, -0.2) is 15.1 Å². The molecule has 3 rings (SSSR count). The Labute approximate surface area is 157 Å². The standard InChI is InChI=1S/C10H8N2.C5HF6N2.Re/c1-3-7-11-9(5-1)10-6-2-4-8-12-10;6-4(7,8)2-1-3(13-12-2)5(9,10)11;/h1-8H;1H;/q;-1;. The molecule has 0 N–H and O–H groups in total. The molecule has 0 bridgehead atoms. The van der Waals surface area contributed by atoms with E-state index in [2.05, 4.69) is 20.2 Å². The first-order valence-electron chi connectivity index (χ1n) is 6.65. The van der Waals surface area contributed by atoms with Crippen molar-refractivity contribution in [3.05, 3.63) is 66.2 Å². The summed E-state index contributed by atoms with van der Waals surface area (Å²) in [5, 5.41) is 4.72. The summed E-state index contributed by atoms with van der Waals surface area (Å²) in [6.07, 6.45) is -6.25. The zero-order valence-corrected chi connectivity index (χ0v) is 15.3. The average Bonchev–Trinajstić information content (AvgIpc) is 3.08. The first kappa shape index (κ1) is 21.8. The molecular weight excluding hydrogens is 536 g/mol. The maximum atomic E-state index is 11.7. The van der Waals surface area contributed by atoms with Crippen LogP contribution in [0.25, 0.3) is 11.4 Å². The molecule has 0 saturated heterocycles. The van der Waals surface area contributed by atoms with Crippen LogP contribution in [0.5, 0.6) is 0 Å². The first-order valence-corrected chi connectivity index (χ1v) is 6.65. The van der Waals surface area contributed by atoms with Crippen molar-refractivity contribution in [3.8, 4) is 11.4 Å². The third-order valence-corrected chi connectivity index (χ3v) is 2.71. The summed E-state index contributed by atoms with van der Waals surface area (Å²) in [5.41, 5.74) is -1.45. The van der Waals surface area contributed by atoms with Gasteiger partial charge in [0, 0.05) is 32.8 Å². The molecule has 3 aromatic heterocycles. The molecule has 11 heteroatoms. The monoisotopic (exact) mass is 546 g/mol. The van der Waals surface area contributed by atoms with E-state index in [0.717, 1.165) is 11.4 Å². The van der Waals surface area contributed by atoms with Gasteiger partial charge in [-0.1, -0.05) is 12.1 Å². The summed E-state index contributed by atoms with van der Waals surface area (Å²) in [5.74, 6) is 0. The number of halogens is 6. The Kier molecular flexibility index (Phi) is 7.47. The maximum absolute atomic E-state index is 11.7. The van der Waals surface area contributed by atoms with Gasteiger partial charge in [0.2, 0.25) is 0 Å². The molecule has 0 spiro atoms. The maximum Gasteiger partial charge on any atom is 0.431 e. The molecular formula is C15H9F6N4Re-. The van der Waals surface area contributed by atoms with E-state index >= 15 is 0 Å². The van der Waals surface area contributed by atoms with E-state index in [4.69, 9.17) is 0 Å². The Morgan fingerprint density at radius 1 is 0.731 bits per heavy atom. The molecule has 0 atom stereocenters. The topological polar surface area (TPSA) is 52.8 Å². The number of nitrogens with zero attached hydrogens (tertiary/aromatic N) is 4. The zero-order valence-electron chi connectivity index (χ0n) is 12.6. The normalized spacial score (nSPS) is 11.2. The molecule has 3 heterocycles. The summed E-state index contributed by atoms with van der Waals surface area (Å²) >= 11 is 0. The van der Waals surface area contributed by atoms with Crippen molar-refractivity contribution < 1.29 is 46.8 Å². The molecule has 139 valence electrons. The van der Waals surface area contributed by atoms with Gasteiger partial charge in [0.25, 0.3) is 0 Å². The van der Waals surface area contributed by atoms with Crippen molar-refractivity contribution in [2.75, 3.05) is 0 Å². The summed E-state index contributed by atoms with van der Waals surface area (Å²) in [6.45, 7) is 0. The number of rotatable bonds is 1. The first-order chi connectivity index (χ1) is 11.7. The van der Waals surface area contributed by atoms with E-state index in [1.54, 1.807) is 12.4 Å². The van der Waals surface area contributed by atoms with Gasteiger partial charge in [-0.25, -0.2) is 0 Å². The fraction of sp³-hybridized carbons (Fsp3) is 0.133. The molecule has 0 saturated carbocycles. The van der Waals surface area contributed by atoms with Crippen LogP contribution in [0.2, 0.25) is 0 Å². The molecule has 0 aliphatic rings. The predicted octanol–water partition coefficient (Wildman–Crippen LogP) is 4.22. The second-order valence-electron chi connectivity index (χ2n) is 4.54. The minimum atomic E-state index is -4.89. The van der Waals surface area contributed by atoms with Gasteiger partial charge in [0.1, 0.15) is 5.69 Å². The molecule has 0 unspecified atom stereocenters. The summed E-state index contributed by atoms with van der Waals surface area (Å²) in [7, 11) is 0. The van der Waals surface area contributed by atoms with Crippen molar-refractivity contribution in [2.24, 2.45) is 0 Å². The van der Waals surface area contributed by atoms with Gasteiger partial charge in [0.05, 0.1) is 11.4 Å². The van der Waals surface area contributed by atoms with Crippen LogP contribution in [-0.2, 0) is 32.8 Å². The van der Waals surface area contributed by atoms with Crippen molar-refractivity contribution in [2.45, 2.75) is 12.4 Å². The molecule has 0 amide bonds. The fourth-order valence-electron chi connectivity index (χ4n) is 1.60. The second-order valence-corrected chi connectivity index (χ2v) is 4.54. The number of alkyl halides is 6. The molecule has 0 fully saturated rings. The van der Waals surface area contributed by atoms with Crippen LogP contribution in [0.3, 0.4) is 0 Å². The molecule has 1 radical (unpaired) electrons. The Morgan fingerprint density at radius 2 is 1.23 bits per heavy atom. The summed E-state index contributed by atoms with van der Waals surface area (Å²) in [4.78, 5) is 8.37. The Morgan fingerprint density at radius 3 is 1.50 bits per heavy atom. The SMILES string of the molecule is FC(F)(F)c1cc(C(F)(F)F)[n-]n1.[Re].c1ccc(-c2ccccn2)nc1. The van der Waals surface area contributed by atoms with Gasteiger partial charge in [-0.3, -0.25) is 9.97 Å². The van der Waals surface area contributed by atoms with Crippen molar-refractivity contribution >= 4 is 0 Å². The Hall–Kier alpha value is -2.25. The second kappa shape index (κ2) is 8.91. The summed E-state index contributed by atoms with van der Waals surface area (Å²) < 4.78 is 70.3. The smallest absolute Gasteiger partial charge is 0.431 e. The minimum absolute atomic E-state index is 0. The van der Waals surface area contributed by atoms with Gasteiger partial charge >= 0.3 is 12.4 Å². The van der Waals surface area contributed by atoms with Crippen molar-refractivity contribution in [1.82, 2.24) is 20.2 Å². The van der Waals surface area contributed by atoms with Gasteiger partial charge in [-0.05, 0) is 36.0 Å². The third kappa shape index (κ3) is 6.24. The Balaban J connectivity index is 0.000000251. The molecule has 26 heavy (non-hydrogen) atoms. The molecule has 0 aliphatic carbocycles. The average molecular weight is 545 g/mol. The number of aromatic nitrogens is 4. The van der Waals surface area contributed by atoms with Crippen LogP contribution in [0.4, 0.5) is 26.3 Å². The molecule has 0 aliphatic heterocycles. The minimum Gasteiger partial charge on any atom is -0.571 e. The fourth-order valence-corrected chi connectivity index (χ4v) is 1.60. The van der Waals surface area contributed by atoms with E-state index in [1.807, 2.05) is 36.4 Å². The number of pyridine rings is 2. The summed E-state index contributed by atoms with van der Waals surface area (Å²) in [6, 6.07) is 11.5. The van der Waals surface area contributed by atoms with E-state index in [-0.39, 0.29) is 26.5 Å². The number of hydrogen-bond donors (Lipinski definition) is 0. The van der Waals surface area contributed by atoms with Crippen LogP contribution < -0.4 is 5.10 Å². The van der Waals surface area contributed by atoms with Crippen molar-refractivity contribution in [3.63, 3.8) is 0 Å². The van der Waals surface area contributed by atoms with Crippen LogP contribution >= 0.6 is 0 Å². The van der Waals surface area contributed by atoms with E-state index in [0.29, 0.717) is 0 Å². The van der Waals surface area contributed by atoms with Gasteiger partial charge < -0.3 is 10.2 Å². The molecule has 3 aromatic rings. The Bertz CT molecular complexity index is 721. The third-order valence-electron chi connectivity index (χ3n) is 2.71. The van der Waals surface area contributed by atoms with Crippen LogP contribution in [0.1, 0.15) is 11.4 Å². The predicted molar refractivity (Wildman–Crippen MR) is 75.0 cm³/mol. The van der Waals surface area contributed by atoms with Gasteiger partial charge in [0.15, 0.2) is 0 Å². The number of hydrogen-bond acceptors (Lipinski definition) is 3.